The fourth-order valence-electron chi connectivity index (χ4n) is 1.16. The van der Waals surface area contributed by atoms with E-state index in [4.69, 9.17) is 4.74 Å². The smallest absolute Gasteiger partial charge is 0.126 e. The Bertz CT molecular complexity index is 236. The van der Waals surface area contributed by atoms with Crippen molar-refractivity contribution in [2.75, 3.05) is 13.2 Å². The number of rotatable bonds is 6. The molecule has 0 saturated carbocycles. The lowest BCUT2D eigenvalue weighted by molar-refractivity contribution is 0.313. The first-order valence-corrected chi connectivity index (χ1v) is 5.14. The highest BCUT2D eigenvalue weighted by Gasteiger charge is 2.01. The van der Waals surface area contributed by atoms with Crippen molar-refractivity contribution in [2.45, 2.75) is 26.8 Å². The van der Waals surface area contributed by atoms with Crippen LogP contribution in [0.15, 0.2) is 18.5 Å². The number of ether oxygens (including phenoxy) is 1. The second-order valence-electron chi connectivity index (χ2n) is 3.11. The average Bonchev–Trinajstić information content (AvgIpc) is 2.24. The molecule has 78 valence electrons. The normalized spacial score (nSPS) is 10.1. The fourth-order valence-corrected chi connectivity index (χ4v) is 1.16. The Morgan fingerprint density at radius 1 is 1.43 bits per heavy atom. The molecule has 0 spiro atoms. The molecule has 0 aromatic carbocycles. The van der Waals surface area contributed by atoms with Crippen LogP contribution in [0.5, 0.6) is 5.75 Å². The topological polar surface area (TPSA) is 34.1 Å². The van der Waals surface area contributed by atoms with Gasteiger partial charge in [0.2, 0.25) is 0 Å². The summed E-state index contributed by atoms with van der Waals surface area (Å²) in [4.78, 5) is 4.09. The summed E-state index contributed by atoms with van der Waals surface area (Å²) in [6.07, 6.45) is 4.65. The van der Waals surface area contributed by atoms with Gasteiger partial charge in [-0.3, -0.25) is 4.98 Å². The lowest BCUT2D eigenvalue weighted by atomic mass is 10.2. The van der Waals surface area contributed by atoms with E-state index in [9.17, 15) is 0 Å². The van der Waals surface area contributed by atoms with Crippen molar-refractivity contribution in [3.63, 3.8) is 0 Å². The number of nitrogens with zero attached hydrogens (tertiary/aromatic N) is 1. The van der Waals surface area contributed by atoms with Crippen LogP contribution in [0.2, 0.25) is 0 Å². The van der Waals surface area contributed by atoms with E-state index in [0.29, 0.717) is 0 Å². The molecule has 0 bridgehead atoms. The van der Waals surface area contributed by atoms with Crippen molar-refractivity contribution in [2.24, 2.45) is 0 Å². The zero-order valence-electron chi connectivity index (χ0n) is 8.92. The largest absolute Gasteiger partial charge is 0.493 e. The zero-order valence-corrected chi connectivity index (χ0v) is 8.92. The second kappa shape index (κ2) is 6.38. The zero-order chi connectivity index (χ0) is 10.2. The molecule has 1 rings (SSSR count). The van der Waals surface area contributed by atoms with E-state index in [1.165, 1.54) is 0 Å². The van der Waals surface area contributed by atoms with Gasteiger partial charge in [0.25, 0.3) is 0 Å². The Labute approximate surface area is 85.5 Å². The summed E-state index contributed by atoms with van der Waals surface area (Å²) in [5, 5.41) is 3.26. The standard InChI is InChI=1S/C11H18N2O/c1-3-7-14-11-5-6-13-9-10(11)8-12-4-2/h5-6,9,12H,3-4,7-8H2,1-2H3. The predicted octanol–water partition coefficient (Wildman–Crippen LogP) is 1.98. The van der Waals surface area contributed by atoms with E-state index in [0.717, 1.165) is 37.4 Å². The molecule has 0 aliphatic heterocycles. The molecule has 1 aromatic heterocycles. The van der Waals surface area contributed by atoms with E-state index in [1.807, 2.05) is 12.3 Å². The molecule has 0 aliphatic carbocycles. The van der Waals surface area contributed by atoms with Crippen LogP contribution < -0.4 is 10.1 Å². The third-order valence-electron chi connectivity index (χ3n) is 1.89. The first-order chi connectivity index (χ1) is 6.88. The number of aromatic nitrogens is 1. The summed E-state index contributed by atoms with van der Waals surface area (Å²) in [5.41, 5.74) is 1.13. The van der Waals surface area contributed by atoms with Crippen LogP contribution >= 0.6 is 0 Å². The van der Waals surface area contributed by atoms with Crippen molar-refractivity contribution in [1.82, 2.24) is 10.3 Å². The number of pyridine rings is 1. The van der Waals surface area contributed by atoms with Crippen LogP contribution in [0.3, 0.4) is 0 Å². The summed E-state index contributed by atoms with van der Waals surface area (Å²) in [5.74, 6) is 0.947. The second-order valence-corrected chi connectivity index (χ2v) is 3.11. The van der Waals surface area contributed by atoms with Crippen molar-refractivity contribution >= 4 is 0 Å². The molecule has 0 fully saturated rings. The molecule has 1 heterocycles. The highest BCUT2D eigenvalue weighted by molar-refractivity contribution is 5.29. The molecule has 0 atom stereocenters. The third kappa shape index (κ3) is 3.34. The molecular formula is C11H18N2O. The molecule has 1 N–H and O–H groups in total. The van der Waals surface area contributed by atoms with Crippen molar-refractivity contribution < 1.29 is 4.74 Å². The summed E-state index contributed by atoms with van der Waals surface area (Å²) in [6.45, 7) is 6.74. The molecule has 3 nitrogen and oxygen atoms in total. The summed E-state index contributed by atoms with van der Waals surface area (Å²) < 4.78 is 5.60. The number of hydrogen-bond donors (Lipinski definition) is 1. The minimum atomic E-state index is 0.767. The van der Waals surface area contributed by atoms with Crippen LogP contribution in [-0.2, 0) is 6.54 Å². The molecule has 0 saturated heterocycles. The third-order valence-corrected chi connectivity index (χ3v) is 1.89. The van der Waals surface area contributed by atoms with Gasteiger partial charge in [0.05, 0.1) is 6.61 Å². The fraction of sp³-hybridized carbons (Fsp3) is 0.545. The lowest BCUT2D eigenvalue weighted by Gasteiger charge is -2.09. The summed E-state index contributed by atoms with van der Waals surface area (Å²) >= 11 is 0. The van der Waals surface area contributed by atoms with E-state index in [-0.39, 0.29) is 0 Å². The van der Waals surface area contributed by atoms with Crippen LogP contribution in [0, 0.1) is 0 Å². The Kier molecular flexibility index (Phi) is 5.00. The lowest BCUT2D eigenvalue weighted by Crippen LogP contribution is -2.13. The monoisotopic (exact) mass is 194 g/mol. The van der Waals surface area contributed by atoms with E-state index < -0.39 is 0 Å². The van der Waals surface area contributed by atoms with Crippen molar-refractivity contribution in [3.8, 4) is 5.75 Å². The molecule has 0 radical (unpaired) electrons. The van der Waals surface area contributed by atoms with Crippen LogP contribution in [0.1, 0.15) is 25.8 Å². The molecule has 0 aliphatic rings. The molecule has 3 heteroatoms. The summed E-state index contributed by atoms with van der Waals surface area (Å²) in [6, 6.07) is 1.92. The van der Waals surface area contributed by atoms with Gasteiger partial charge in [0, 0.05) is 24.5 Å². The predicted molar refractivity (Wildman–Crippen MR) is 57.4 cm³/mol. The van der Waals surface area contributed by atoms with Crippen LogP contribution in [0.4, 0.5) is 0 Å². The maximum Gasteiger partial charge on any atom is 0.126 e. The van der Waals surface area contributed by atoms with Gasteiger partial charge in [0.1, 0.15) is 5.75 Å². The minimum Gasteiger partial charge on any atom is -0.493 e. The van der Waals surface area contributed by atoms with Crippen LogP contribution in [0.25, 0.3) is 0 Å². The Morgan fingerprint density at radius 2 is 2.29 bits per heavy atom. The van der Waals surface area contributed by atoms with Gasteiger partial charge in [-0.1, -0.05) is 13.8 Å². The average molecular weight is 194 g/mol. The number of nitrogens with one attached hydrogen (secondary N) is 1. The first kappa shape index (κ1) is 11.0. The first-order valence-electron chi connectivity index (χ1n) is 5.14. The quantitative estimate of drug-likeness (QED) is 0.752. The molecular weight excluding hydrogens is 176 g/mol. The van der Waals surface area contributed by atoms with Crippen LogP contribution in [-0.4, -0.2) is 18.1 Å². The van der Waals surface area contributed by atoms with Gasteiger partial charge in [-0.05, 0) is 19.0 Å². The molecule has 1 aromatic rings. The molecule has 14 heavy (non-hydrogen) atoms. The SMILES string of the molecule is CCCOc1ccncc1CNCC. The minimum absolute atomic E-state index is 0.767. The summed E-state index contributed by atoms with van der Waals surface area (Å²) in [7, 11) is 0. The van der Waals surface area contributed by atoms with Gasteiger partial charge in [-0.25, -0.2) is 0 Å². The highest BCUT2D eigenvalue weighted by Crippen LogP contribution is 2.16. The van der Waals surface area contributed by atoms with E-state index in [2.05, 4.69) is 24.1 Å². The van der Waals surface area contributed by atoms with Crippen molar-refractivity contribution in [3.05, 3.63) is 24.0 Å². The van der Waals surface area contributed by atoms with Gasteiger partial charge < -0.3 is 10.1 Å². The van der Waals surface area contributed by atoms with E-state index in [1.54, 1.807) is 6.20 Å². The van der Waals surface area contributed by atoms with Gasteiger partial charge in [0.15, 0.2) is 0 Å². The molecule has 0 unspecified atom stereocenters. The van der Waals surface area contributed by atoms with E-state index >= 15 is 0 Å². The van der Waals surface area contributed by atoms with Gasteiger partial charge >= 0.3 is 0 Å². The Morgan fingerprint density at radius 3 is 3.00 bits per heavy atom. The van der Waals surface area contributed by atoms with Crippen molar-refractivity contribution in [1.29, 1.82) is 0 Å². The number of hydrogen-bond acceptors (Lipinski definition) is 3. The maximum absolute atomic E-state index is 5.60. The molecule has 0 amide bonds. The maximum atomic E-state index is 5.60. The Balaban J connectivity index is 2.60. The Hall–Kier alpha value is -1.09. The highest BCUT2D eigenvalue weighted by atomic mass is 16.5. The van der Waals surface area contributed by atoms with Gasteiger partial charge in [-0.15, -0.1) is 0 Å². The van der Waals surface area contributed by atoms with Gasteiger partial charge in [-0.2, -0.15) is 0 Å².